The van der Waals surface area contributed by atoms with Crippen LogP contribution in [0.15, 0.2) is 48.5 Å². The molecule has 0 unspecified atom stereocenters. The van der Waals surface area contributed by atoms with Crippen molar-refractivity contribution in [2.24, 2.45) is 0 Å². The van der Waals surface area contributed by atoms with Gasteiger partial charge in [-0.15, -0.1) is 0 Å². The van der Waals surface area contributed by atoms with E-state index in [0.29, 0.717) is 17.5 Å². The van der Waals surface area contributed by atoms with Crippen molar-refractivity contribution in [1.82, 2.24) is 14.7 Å². The van der Waals surface area contributed by atoms with Gasteiger partial charge in [-0.1, -0.05) is 12.1 Å². The molecule has 0 aliphatic carbocycles. The molecular weight excluding hydrogens is 319 g/mol. The molecule has 6 heteroatoms. The average Bonchev–Trinajstić information content (AvgIpc) is 2.59. The van der Waals surface area contributed by atoms with Gasteiger partial charge < -0.3 is 10.9 Å². The summed E-state index contributed by atoms with van der Waals surface area (Å²) in [6.07, 6.45) is 0.450. The lowest BCUT2D eigenvalue weighted by molar-refractivity contribution is 0.627. The van der Waals surface area contributed by atoms with Crippen LogP contribution >= 0.6 is 0 Å². The van der Waals surface area contributed by atoms with Gasteiger partial charge in [0.05, 0.1) is 12.1 Å². The van der Waals surface area contributed by atoms with Crippen LogP contribution in [0.25, 0.3) is 17.0 Å². The van der Waals surface area contributed by atoms with Crippen LogP contribution in [0.1, 0.15) is 11.3 Å². The summed E-state index contributed by atoms with van der Waals surface area (Å²) in [6, 6.07) is 13.6. The second-order valence-corrected chi connectivity index (χ2v) is 6.03. The SMILES string of the molecule is Cc1cc(-c2ccc3c(c2)=C(Cc2ccc(F)cc2)[N+]=3[O-])nc(N)n1. The summed E-state index contributed by atoms with van der Waals surface area (Å²) >= 11 is 0. The lowest BCUT2D eigenvalue weighted by Gasteiger charge is -2.15. The molecule has 0 atom stereocenters. The van der Waals surface area contributed by atoms with Gasteiger partial charge in [0.2, 0.25) is 17.0 Å². The third kappa shape index (κ3) is 2.71. The number of hydrogen-bond acceptors (Lipinski definition) is 4. The van der Waals surface area contributed by atoms with Crippen LogP contribution in [0.4, 0.5) is 10.3 Å². The van der Waals surface area contributed by atoms with Crippen LogP contribution in [0.5, 0.6) is 0 Å². The molecular formula is C19H15FN4O. The van der Waals surface area contributed by atoms with Crippen molar-refractivity contribution in [1.29, 1.82) is 0 Å². The van der Waals surface area contributed by atoms with Crippen LogP contribution < -0.4 is 21.0 Å². The molecule has 4 rings (SSSR count). The molecule has 0 amide bonds. The molecule has 25 heavy (non-hydrogen) atoms. The van der Waals surface area contributed by atoms with E-state index < -0.39 is 0 Å². The molecule has 5 nitrogen and oxygen atoms in total. The summed E-state index contributed by atoms with van der Waals surface area (Å²) in [5.41, 5.74) is 9.65. The number of aryl methyl sites for hydroxylation is 1. The molecule has 2 aromatic carbocycles. The Hall–Kier alpha value is -3.28. The molecule has 1 aliphatic rings. The molecule has 3 aromatic rings. The second kappa shape index (κ2) is 5.66. The van der Waals surface area contributed by atoms with Gasteiger partial charge in [0.1, 0.15) is 11.0 Å². The maximum absolute atomic E-state index is 13.0. The van der Waals surface area contributed by atoms with E-state index in [1.54, 1.807) is 18.2 Å². The standard InChI is InChI=1S/C19H15FN4O/c1-11-8-16(23-19(21)22-11)13-4-7-17-15(10-13)18(24(17)25)9-12-2-5-14(20)6-3-12/h2-8,10H,9H2,1H3,(H2,21,22,23). The Morgan fingerprint density at radius 3 is 2.56 bits per heavy atom. The van der Waals surface area contributed by atoms with E-state index in [9.17, 15) is 9.60 Å². The first-order valence-electron chi connectivity index (χ1n) is 7.85. The van der Waals surface area contributed by atoms with Gasteiger partial charge in [-0.25, -0.2) is 14.4 Å². The second-order valence-electron chi connectivity index (χ2n) is 6.03. The molecule has 0 saturated carbocycles. The highest BCUT2D eigenvalue weighted by Crippen LogP contribution is 2.17. The molecule has 0 fully saturated rings. The van der Waals surface area contributed by atoms with Gasteiger partial charge in [0.15, 0.2) is 0 Å². The van der Waals surface area contributed by atoms with Gasteiger partial charge in [0, 0.05) is 17.3 Å². The minimum Gasteiger partial charge on any atom is -0.618 e. The Balaban J connectivity index is 1.77. The smallest absolute Gasteiger partial charge is 0.230 e. The topological polar surface area (TPSA) is 77.9 Å². The number of anilines is 1. The third-order valence-corrected chi connectivity index (χ3v) is 4.22. The summed E-state index contributed by atoms with van der Waals surface area (Å²) in [7, 11) is 0. The number of rotatable bonds is 3. The summed E-state index contributed by atoms with van der Waals surface area (Å²) in [5.74, 6) is -0.0700. The van der Waals surface area contributed by atoms with E-state index >= 15 is 0 Å². The summed E-state index contributed by atoms with van der Waals surface area (Å²) < 4.78 is 14.0. The van der Waals surface area contributed by atoms with Crippen LogP contribution in [-0.2, 0) is 6.42 Å². The Morgan fingerprint density at radius 1 is 1.08 bits per heavy atom. The minimum absolute atomic E-state index is 0.221. The molecule has 0 bridgehead atoms. The van der Waals surface area contributed by atoms with Crippen LogP contribution in [0.2, 0.25) is 0 Å². The van der Waals surface area contributed by atoms with Gasteiger partial charge >= 0.3 is 0 Å². The minimum atomic E-state index is -0.291. The maximum atomic E-state index is 13.0. The highest BCUT2D eigenvalue weighted by atomic mass is 19.1. The van der Waals surface area contributed by atoms with E-state index in [-0.39, 0.29) is 11.8 Å². The summed E-state index contributed by atoms with van der Waals surface area (Å²) in [5, 5.41) is 13.7. The number of benzene rings is 2. The Bertz CT molecular complexity index is 1090. The van der Waals surface area contributed by atoms with E-state index in [4.69, 9.17) is 5.73 Å². The Kier molecular flexibility index (Phi) is 3.46. The largest absolute Gasteiger partial charge is 0.618 e. The van der Waals surface area contributed by atoms with Gasteiger partial charge in [-0.2, -0.15) is 4.74 Å². The number of nitrogens with two attached hydrogens (primary N) is 1. The molecule has 1 aromatic heterocycles. The van der Waals surface area contributed by atoms with Gasteiger partial charge in [-0.3, -0.25) is 0 Å². The lowest BCUT2D eigenvalue weighted by atomic mass is 10.0. The highest BCUT2D eigenvalue weighted by Gasteiger charge is 2.22. The zero-order valence-corrected chi connectivity index (χ0v) is 13.5. The van der Waals surface area contributed by atoms with E-state index in [0.717, 1.165) is 32.5 Å². The van der Waals surface area contributed by atoms with Crippen LogP contribution in [0, 0.1) is 17.9 Å². The fraction of sp³-hybridized carbons (Fsp3) is 0.105. The summed E-state index contributed by atoms with van der Waals surface area (Å²) in [6.45, 7) is 1.86. The number of nitrogens with zero attached hydrogens (tertiary/aromatic N) is 3. The predicted octanol–water partition coefficient (Wildman–Crippen LogP) is 1.53. The highest BCUT2D eigenvalue weighted by molar-refractivity contribution is 5.64. The number of aromatic nitrogens is 2. The maximum Gasteiger partial charge on any atom is 0.230 e. The van der Waals surface area contributed by atoms with Crippen molar-refractivity contribution >= 4 is 11.6 Å². The first-order chi connectivity index (χ1) is 12.0. The third-order valence-electron chi connectivity index (χ3n) is 4.22. The molecule has 0 spiro atoms. The number of halogens is 1. The van der Waals surface area contributed by atoms with Crippen molar-refractivity contribution in [3.05, 3.63) is 81.4 Å². The first-order valence-corrected chi connectivity index (χ1v) is 7.85. The predicted molar refractivity (Wildman–Crippen MR) is 94.0 cm³/mol. The fourth-order valence-corrected chi connectivity index (χ4v) is 3.01. The van der Waals surface area contributed by atoms with Gasteiger partial charge in [-0.05, 0) is 42.8 Å². The average molecular weight is 334 g/mol. The molecule has 1 aliphatic heterocycles. The summed E-state index contributed by atoms with van der Waals surface area (Å²) in [4.78, 5) is 8.34. The van der Waals surface area contributed by atoms with Crippen molar-refractivity contribution in [2.45, 2.75) is 13.3 Å². The monoisotopic (exact) mass is 334 g/mol. The Labute approximate surface area is 143 Å². The number of nitrogen functional groups attached to an aromatic ring is 1. The van der Waals surface area contributed by atoms with E-state index in [1.165, 1.54) is 12.1 Å². The molecule has 0 saturated heterocycles. The molecule has 0 radical (unpaired) electrons. The first kappa shape index (κ1) is 15.3. The van der Waals surface area contributed by atoms with Crippen molar-refractivity contribution in [3.8, 4) is 11.3 Å². The van der Waals surface area contributed by atoms with Crippen molar-refractivity contribution in [3.63, 3.8) is 0 Å². The van der Waals surface area contributed by atoms with Crippen molar-refractivity contribution < 1.29 is 4.39 Å². The zero-order valence-electron chi connectivity index (χ0n) is 13.5. The number of hydrogen-bond donors (Lipinski definition) is 1. The van der Waals surface area contributed by atoms with Crippen LogP contribution in [-0.4, -0.2) is 9.97 Å². The Morgan fingerprint density at radius 2 is 1.84 bits per heavy atom. The fourth-order valence-electron chi connectivity index (χ4n) is 3.01. The van der Waals surface area contributed by atoms with E-state index in [1.807, 2.05) is 25.1 Å². The molecule has 2 heterocycles. The lowest BCUT2D eigenvalue weighted by Crippen LogP contribution is -2.49. The van der Waals surface area contributed by atoms with E-state index in [2.05, 4.69) is 9.97 Å². The van der Waals surface area contributed by atoms with Crippen LogP contribution in [0.3, 0.4) is 0 Å². The van der Waals surface area contributed by atoms with Crippen molar-refractivity contribution in [2.75, 3.05) is 5.73 Å². The zero-order chi connectivity index (χ0) is 17.6. The number of fused-ring (bicyclic) bond motifs is 1. The normalized spacial score (nSPS) is 12.7. The molecule has 124 valence electrons. The molecule has 2 N–H and O–H groups in total. The quantitative estimate of drug-likeness (QED) is 0.582. The van der Waals surface area contributed by atoms with Gasteiger partial charge in [0.25, 0.3) is 0 Å². The number of hydroxylamine groups is 1.